The quantitative estimate of drug-likeness (QED) is 0.609. The summed E-state index contributed by atoms with van der Waals surface area (Å²) in [6, 6.07) is 0.518. The fourth-order valence-electron chi connectivity index (χ4n) is 5.15. The number of nitrogens with two attached hydrogens (primary N) is 1. The van der Waals surface area contributed by atoms with E-state index in [4.69, 9.17) is 10.8 Å². The van der Waals surface area contributed by atoms with Crippen molar-refractivity contribution in [3.05, 3.63) is 33.2 Å². The van der Waals surface area contributed by atoms with Gasteiger partial charge in [0.1, 0.15) is 17.8 Å². The third kappa shape index (κ3) is 4.38. The van der Waals surface area contributed by atoms with E-state index in [1.54, 1.807) is 0 Å². The first-order chi connectivity index (χ1) is 14.0. The van der Waals surface area contributed by atoms with E-state index in [-0.39, 0.29) is 16.5 Å². The van der Waals surface area contributed by atoms with E-state index >= 15 is 0 Å². The second-order valence-electron chi connectivity index (χ2n) is 8.35. The Bertz CT molecular complexity index is 897. The number of hydrogen-bond acceptors (Lipinski definition) is 4. The molecule has 4 N–H and O–H groups in total. The zero-order chi connectivity index (χ0) is 22.2. The van der Waals surface area contributed by atoms with Crippen LogP contribution in [0.4, 0.5) is 13.2 Å². The standard InChI is InChI=1S/C20H26F3N3O4/c1-10(14-7-11-2-3-12(14)6-11)25-16(28)9-26-17(20(21,22)23)13(4-5-27)8-15(18(24)29)19(26)30/h8,10-12,14,27H,2-7,9H2,1H3,(H2,24,29)(H,25,28). The Hall–Kier alpha value is -2.36. The van der Waals surface area contributed by atoms with Crippen molar-refractivity contribution in [1.82, 2.24) is 9.88 Å². The summed E-state index contributed by atoms with van der Waals surface area (Å²) in [5, 5.41) is 11.9. The number of halogens is 3. The van der Waals surface area contributed by atoms with Crippen molar-refractivity contribution in [3.63, 3.8) is 0 Å². The molecule has 2 aliphatic rings. The van der Waals surface area contributed by atoms with E-state index in [1.165, 1.54) is 6.42 Å². The van der Waals surface area contributed by atoms with Gasteiger partial charge in [-0.1, -0.05) is 6.42 Å². The molecule has 4 atom stereocenters. The molecule has 1 aromatic heterocycles. The Morgan fingerprint density at radius 1 is 1.33 bits per heavy atom. The smallest absolute Gasteiger partial charge is 0.396 e. The van der Waals surface area contributed by atoms with Gasteiger partial charge >= 0.3 is 6.18 Å². The van der Waals surface area contributed by atoms with Crippen LogP contribution in [0.25, 0.3) is 0 Å². The van der Waals surface area contributed by atoms with Crippen LogP contribution >= 0.6 is 0 Å². The van der Waals surface area contributed by atoms with E-state index in [1.807, 2.05) is 6.92 Å². The van der Waals surface area contributed by atoms with E-state index in [9.17, 15) is 27.6 Å². The van der Waals surface area contributed by atoms with Gasteiger partial charge in [0, 0.05) is 12.6 Å². The Morgan fingerprint density at radius 2 is 2.03 bits per heavy atom. The lowest BCUT2D eigenvalue weighted by Gasteiger charge is -2.29. The molecule has 2 saturated carbocycles. The Labute approximate surface area is 171 Å². The largest absolute Gasteiger partial charge is 0.431 e. The predicted molar refractivity (Wildman–Crippen MR) is 102 cm³/mol. The van der Waals surface area contributed by atoms with Crippen LogP contribution in [0.1, 0.15) is 54.2 Å². The maximum absolute atomic E-state index is 13.7. The fraction of sp³-hybridized carbons (Fsp3) is 0.650. The average Bonchev–Trinajstić information content (AvgIpc) is 3.26. The zero-order valence-electron chi connectivity index (χ0n) is 16.7. The molecule has 10 heteroatoms. The zero-order valence-corrected chi connectivity index (χ0v) is 16.7. The van der Waals surface area contributed by atoms with Gasteiger partial charge in [-0.05, 0) is 62.0 Å². The minimum Gasteiger partial charge on any atom is -0.396 e. The highest BCUT2D eigenvalue weighted by molar-refractivity contribution is 5.92. The van der Waals surface area contributed by atoms with Crippen molar-refractivity contribution >= 4 is 11.8 Å². The van der Waals surface area contributed by atoms with Gasteiger partial charge < -0.3 is 16.2 Å². The number of alkyl halides is 3. The van der Waals surface area contributed by atoms with Gasteiger partial charge in [-0.25, -0.2) is 0 Å². The van der Waals surface area contributed by atoms with Crippen LogP contribution in [0.2, 0.25) is 0 Å². The molecular weight excluding hydrogens is 403 g/mol. The highest BCUT2D eigenvalue weighted by Crippen LogP contribution is 2.49. The van der Waals surface area contributed by atoms with Gasteiger partial charge in [-0.3, -0.25) is 19.0 Å². The minimum atomic E-state index is -4.96. The van der Waals surface area contributed by atoms with Gasteiger partial charge in [0.05, 0.1) is 0 Å². The molecule has 7 nitrogen and oxygen atoms in total. The number of pyridine rings is 1. The van der Waals surface area contributed by atoms with E-state index in [2.05, 4.69) is 5.32 Å². The Morgan fingerprint density at radius 3 is 2.53 bits per heavy atom. The number of fused-ring (bicyclic) bond motifs is 2. The number of aliphatic hydroxyl groups excluding tert-OH is 1. The lowest BCUT2D eigenvalue weighted by atomic mass is 9.84. The summed E-state index contributed by atoms with van der Waals surface area (Å²) in [6.07, 6.45) is -1.03. The summed E-state index contributed by atoms with van der Waals surface area (Å²) in [7, 11) is 0. The van der Waals surface area contributed by atoms with Crippen LogP contribution in [-0.4, -0.2) is 34.1 Å². The first-order valence-electron chi connectivity index (χ1n) is 10.1. The number of nitrogens with one attached hydrogen (secondary N) is 1. The highest BCUT2D eigenvalue weighted by atomic mass is 19.4. The molecule has 0 radical (unpaired) electrons. The average molecular weight is 429 g/mol. The summed E-state index contributed by atoms with van der Waals surface area (Å²) in [4.78, 5) is 36.7. The second-order valence-corrected chi connectivity index (χ2v) is 8.35. The molecule has 2 amide bonds. The van der Waals surface area contributed by atoms with Crippen LogP contribution in [0.3, 0.4) is 0 Å². The van der Waals surface area contributed by atoms with Crippen LogP contribution in [-0.2, 0) is 23.9 Å². The normalized spacial score (nSPS) is 24.1. The predicted octanol–water partition coefficient (Wildman–Crippen LogP) is 1.44. The summed E-state index contributed by atoms with van der Waals surface area (Å²) >= 11 is 0. The molecule has 166 valence electrons. The first-order valence-corrected chi connectivity index (χ1v) is 10.1. The van der Waals surface area contributed by atoms with E-state index in [0.29, 0.717) is 11.8 Å². The van der Waals surface area contributed by atoms with Crippen LogP contribution in [0, 0.1) is 17.8 Å². The summed E-state index contributed by atoms with van der Waals surface area (Å²) in [6.45, 7) is 0.305. The van der Waals surface area contributed by atoms with Crippen molar-refractivity contribution in [2.24, 2.45) is 23.5 Å². The molecule has 2 aliphatic carbocycles. The molecule has 2 fully saturated rings. The Kier molecular flexibility index (Phi) is 6.26. The van der Waals surface area contributed by atoms with Crippen molar-refractivity contribution < 1.29 is 27.9 Å². The molecule has 0 aromatic carbocycles. The molecule has 2 bridgehead atoms. The number of aliphatic hydroxyl groups is 1. The monoisotopic (exact) mass is 429 g/mol. The number of carbonyl (C=O) groups is 2. The molecule has 0 saturated heterocycles. The van der Waals surface area contributed by atoms with Crippen molar-refractivity contribution in [2.45, 2.75) is 57.8 Å². The fourth-order valence-corrected chi connectivity index (χ4v) is 5.15. The topological polar surface area (TPSA) is 114 Å². The van der Waals surface area contributed by atoms with Crippen molar-refractivity contribution in [2.75, 3.05) is 6.61 Å². The molecule has 3 rings (SSSR count). The molecule has 30 heavy (non-hydrogen) atoms. The number of rotatable bonds is 7. The number of amides is 2. The van der Waals surface area contributed by atoms with Gasteiger partial charge in [-0.2, -0.15) is 13.2 Å². The maximum atomic E-state index is 13.7. The molecule has 1 aromatic rings. The molecular formula is C20H26F3N3O4. The number of carbonyl (C=O) groups excluding carboxylic acids is 2. The third-order valence-electron chi connectivity index (χ3n) is 6.41. The molecule has 0 aliphatic heterocycles. The van der Waals surface area contributed by atoms with Crippen LogP contribution in [0.15, 0.2) is 10.9 Å². The van der Waals surface area contributed by atoms with Crippen molar-refractivity contribution in [1.29, 1.82) is 0 Å². The SMILES string of the molecule is CC(NC(=O)Cn1c(C(F)(F)F)c(CCO)cc(C(N)=O)c1=O)C1CC2CCC1C2. The second kappa shape index (κ2) is 8.41. The van der Waals surface area contributed by atoms with Gasteiger partial charge in [0.2, 0.25) is 5.91 Å². The Balaban J connectivity index is 1.90. The lowest BCUT2D eigenvalue weighted by Crippen LogP contribution is -2.44. The highest BCUT2D eigenvalue weighted by Gasteiger charge is 2.42. The maximum Gasteiger partial charge on any atom is 0.431 e. The third-order valence-corrected chi connectivity index (χ3v) is 6.41. The van der Waals surface area contributed by atoms with E-state index in [0.717, 1.165) is 25.3 Å². The number of primary amides is 1. The van der Waals surface area contributed by atoms with E-state index < -0.39 is 59.9 Å². The van der Waals surface area contributed by atoms with Crippen molar-refractivity contribution in [3.8, 4) is 0 Å². The number of aromatic nitrogens is 1. The minimum absolute atomic E-state index is 0.228. The number of nitrogens with zero attached hydrogens (tertiary/aromatic N) is 1. The van der Waals surface area contributed by atoms with Gasteiger partial charge in [-0.15, -0.1) is 0 Å². The lowest BCUT2D eigenvalue weighted by molar-refractivity contribution is -0.145. The summed E-state index contributed by atoms with van der Waals surface area (Å²) in [5.41, 5.74) is 1.39. The van der Waals surface area contributed by atoms with Crippen LogP contribution in [0.5, 0.6) is 0 Å². The first kappa shape index (κ1) is 22.3. The molecule has 0 spiro atoms. The number of hydrogen-bond donors (Lipinski definition) is 3. The van der Waals surface area contributed by atoms with Gasteiger partial charge in [0.15, 0.2) is 0 Å². The molecule has 1 heterocycles. The molecule has 4 unspecified atom stereocenters. The summed E-state index contributed by atoms with van der Waals surface area (Å²) in [5.74, 6) is -0.513. The van der Waals surface area contributed by atoms with Crippen LogP contribution < -0.4 is 16.6 Å². The van der Waals surface area contributed by atoms with Gasteiger partial charge in [0.25, 0.3) is 11.5 Å². The summed E-state index contributed by atoms with van der Waals surface area (Å²) < 4.78 is 41.4.